The quantitative estimate of drug-likeness (QED) is 0.544. The molecule has 2 aromatic rings. The molecule has 0 aromatic heterocycles. The highest BCUT2D eigenvalue weighted by molar-refractivity contribution is 9.11. The van der Waals surface area contributed by atoms with E-state index in [1.54, 1.807) is 24.3 Å². The van der Waals surface area contributed by atoms with Gasteiger partial charge in [-0.3, -0.25) is 0 Å². The van der Waals surface area contributed by atoms with E-state index < -0.39 is 0 Å². The van der Waals surface area contributed by atoms with E-state index in [9.17, 15) is 8.78 Å². The number of hydrogen-bond acceptors (Lipinski definition) is 2. The summed E-state index contributed by atoms with van der Waals surface area (Å²) in [4.78, 5) is 1.52. The summed E-state index contributed by atoms with van der Waals surface area (Å²) in [5.41, 5.74) is 0. The predicted molar refractivity (Wildman–Crippen MR) is 79.9 cm³/mol. The summed E-state index contributed by atoms with van der Waals surface area (Å²) in [5.74, 6) is -0.613. The molecule has 94 valence electrons. The lowest BCUT2D eigenvalue weighted by molar-refractivity contribution is 0.616. The highest BCUT2D eigenvalue weighted by Crippen LogP contribution is 2.44. The van der Waals surface area contributed by atoms with Crippen LogP contribution in [0.3, 0.4) is 0 Å². The van der Waals surface area contributed by atoms with Crippen molar-refractivity contribution >= 4 is 53.4 Å². The molecule has 0 unspecified atom stereocenters. The molecule has 0 heterocycles. The molecule has 0 radical (unpaired) electrons. The normalized spacial score (nSPS) is 10.7. The Hall–Kier alpha value is -0.0400. The Bertz CT molecular complexity index is 524. The molecule has 0 bridgehead atoms. The fourth-order valence-electron chi connectivity index (χ4n) is 1.19. The van der Waals surface area contributed by atoms with E-state index in [1.807, 2.05) is 0 Å². The average Bonchev–Trinajstić information content (AvgIpc) is 2.36. The molecular weight excluding hydrogens is 406 g/mol. The third kappa shape index (κ3) is 3.29. The summed E-state index contributed by atoms with van der Waals surface area (Å²) in [5, 5.41) is 0. The van der Waals surface area contributed by atoms with Gasteiger partial charge in [-0.05, 0) is 56.1 Å². The van der Waals surface area contributed by atoms with Crippen LogP contribution in [0.25, 0.3) is 0 Å². The molecule has 0 saturated carbocycles. The zero-order chi connectivity index (χ0) is 13.1. The summed E-state index contributed by atoms with van der Waals surface area (Å²) < 4.78 is 27.5. The molecule has 0 aliphatic rings. The minimum absolute atomic E-state index is 0.307. The van der Waals surface area contributed by atoms with E-state index in [2.05, 4.69) is 31.9 Å². The summed E-state index contributed by atoms with van der Waals surface area (Å²) in [6, 6.07) is 9.66. The SMILES string of the molecule is Fc1cccc(SSc2cccc(F)c2Br)c1Br. The molecule has 0 fully saturated rings. The second-order valence-electron chi connectivity index (χ2n) is 3.27. The third-order valence-electron chi connectivity index (χ3n) is 2.05. The van der Waals surface area contributed by atoms with Crippen LogP contribution < -0.4 is 0 Å². The van der Waals surface area contributed by atoms with Crippen molar-refractivity contribution in [3.05, 3.63) is 57.0 Å². The average molecular weight is 412 g/mol. The smallest absolute Gasteiger partial charge is 0.138 e. The van der Waals surface area contributed by atoms with Crippen molar-refractivity contribution in [1.82, 2.24) is 0 Å². The van der Waals surface area contributed by atoms with Gasteiger partial charge in [-0.1, -0.05) is 33.7 Å². The van der Waals surface area contributed by atoms with Crippen LogP contribution in [0.2, 0.25) is 0 Å². The molecule has 0 N–H and O–H groups in total. The van der Waals surface area contributed by atoms with Gasteiger partial charge >= 0.3 is 0 Å². The predicted octanol–water partition coefficient (Wildman–Crippen LogP) is 6.29. The number of rotatable bonds is 3. The van der Waals surface area contributed by atoms with Gasteiger partial charge in [0.2, 0.25) is 0 Å². The maximum absolute atomic E-state index is 13.3. The second-order valence-corrected chi connectivity index (χ2v) is 7.07. The van der Waals surface area contributed by atoms with Crippen LogP contribution in [0, 0.1) is 11.6 Å². The van der Waals surface area contributed by atoms with Gasteiger partial charge in [0.05, 0.1) is 8.95 Å². The Balaban J connectivity index is 2.17. The molecule has 6 heteroatoms. The number of halogens is 4. The van der Waals surface area contributed by atoms with Gasteiger partial charge in [0.15, 0.2) is 0 Å². The van der Waals surface area contributed by atoms with Gasteiger partial charge in [-0.25, -0.2) is 8.78 Å². The largest absolute Gasteiger partial charge is 0.206 e. The van der Waals surface area contributed by atoms with Gasteiger partial charge in [0.1, 0.15) is 11.6 Å². The lowest BCUT2D eigenvalue weighted by atomic mass is 10.3. The van der Waals surface area contributed by atoms with Gasteiger partial charge in [0.25, 0.3) is 0 Å². The lowest BCUT2D eigenvalue weighted by Crippen LogP contribution is -1.81. The van der Waals surface area contributed by atoms with Crippen LogP contribution in [-0.4, -0.2) is 0 Å². The van der Waals surface area contributed by atoms with Crippen molar-refractivity contribution in [3.63, 3.8) is 0 Å². The third-order valence-corrected chi connectivity index (χ3v) is 6.64. The molecule has 0 nitrogen and oxygen atoms in total. The zero-order valence-electron chi connectivity index (χ0n) is 8.79. The van der Waals surface area contributed by atoms with Crippen molar-refractivity contribution in [2.24, 2.45) is 0 Å². The molecular formula is C12H6Br2F2S2. The summed E-state index contributed by atoms with van der Waals surface area (Å²) in [6.07, 6.45) is 0. The molecule has 2 rings (SSSR count). The van der Waals surface area contributed by atoms with Crippen LogP contribution in [0.4, 0.5) is 8.78 Å². The molecule has 0 aliphatic carbocycles. The highest BCUT2D eigenvalue weighted by Gasteiger charge is 2.09. The first-order valence-electron chi connectivity index (χ1n) is 4.82. The molecule has 18 heavy (non-hydrogen) atoms. The monoisotopic (exact) mass is 410 g/mol. The Morgan fingerprint density at radius 2 is 1.11 bits per heavy atom. The standard InChI is InChI=1S/C12H6Br2F2S2/c13-11-7(15)3-1-5-9(11)17-18-10-6-2-4-8(16)12(10)14/h1-6H. The first-order valence-corrected chi connectivity index (χ1v) is 8.55. The Kier molecular flexibility index (Phi) is 5.12. The lowest BCUT2D eigenvalue weighted by Gasteiger charge is -2.06. The molecule has 0 atom stereocenters. The van der Waals surface area contributed by atoms with E-state index in [4.69, 9.17) is 0 Å². The first-order chi connectivity index (χ1) is 8.59. The van der Waals surface area contributed by atoms with Crippen molar-refractivity contribution in [1.29, 1.82) is 0 Å². The van der Waals surface area contributed by atoms with E-state index in [0.29, 0.717) is 8.95 Å². The van der Waals surface area contributed by atoms with Crippen LogP contribution in [0.5, 0.6) is 0 Å². The van der Waals surface area contributed by atoms with E-state index >= 15 is 0 Å². The van der Waals surface area contributed by atoms with Crippen LogP contribution in [0.15, 0.2) is 55.1 Å². The highest BCUT2D eigenvalue weighted by atomic mass is 79.9. The molecule has 0 saturated heterocycles. The van der Waals surface area contributed by atoms with Crippen molar-refractivity contribution in [2.45, 2.75) is 9.79 Å². The van der Waals surface area contributed by atoms with Crippen molar-refractivity contribution in [3.8, 4) is 0 Å². The molecule has 0 aliphatic heterocycles. The minimum atomic E-state index is -0.307. The summed E-state index contributed by atoms with van der Waals surface area (Å²) in [7, 11) is 2.74. The molecule has 2 aromatic carbocycles. The summed E-state index contributed by atoms with van der Waals surface area (Å²) >= 11 is 6.38. The Labute approximate surface area is 128 Å². The van der Waals surface area contributed by atoms with Gasteiger partial charge < -0.3 is 0 Å². The number of benzene rings is 2. The van der Waals surface area contributed by atoms with Crippen LogP contribution in [-0.2, 0) is 0 Å². The topological polar surface area (TPSA) is 0 Å². The van der Waals surface area contributed by atoms with Crippen LogP contribution >= 0.6 is 53.4 Å². The minimum Gasteiger partial charge on any atom is -0.206 e. The summed E-state index contributed by atoms with van der Waals surface area (Å²) in [6.45, 7) is 0. The fourth-order valence-corrected chi connectivity index (χ4v) is 5.00. The van der Waals surface area contributed by atoms with Gasteiger partial charge in [0, 0.05) is 9.79 Å². The second kappa shape index (κ2) is 6.41. The van der Waals surface area contributed by atoms with E-state index in [0.717, 1.165) is 9.79 Å². The van der Waals surface area contributed by atoms with E-state index in [-0.39, 0.29) is 11.6 Å². The molecule has 0 amide bonds. The Morgan fingerprint density at radius 1 is 0.722 bits per heavy atom. The van der Waals surface area contributed by atoms with Crippen LogP contribution in [0.1, 0.15) is 0 Å². The Morgan fingerprint density at radius 3 is 1.50 bits per heavy atom. The maximum Gasteiger partial charge on any atom is 0.138 e. The van der Waals surface area contributed by atoms with Gasteiger partial charge in [-0.2, -0.15) is 0 Å². The van der Waals surface area contributed by atoms with Crippen molar-refractivity contribution < 1.29 is 8.78 Å². The van der Waals surface area contributed by atoms with Crippen molar-refractivity contribution in [2.75, 3.05) is 0 Å². The molecule has 0 spiro atoms. The van der Waals surface area contributed by atoms with E-state index in [1.165, 1.54) is 33.7 Å². The number of hydrogen-bond donors (Lipinski definition) is 0. The van der Waals surface area contributed by atoms with Gasteiger partial charge in [-0.15, -0.1) is 0 Å². The fraction of sp³-hybridized carbons (Fsp3) is 0. The first kappa shape index (κ1) is 14.4. The zero-order valence-corrected chi connectivity index (χ0v) is 13.6. The maximum atomic E-state index is 13.3.